The van der Waals surface area contributed by atoms with Crippen LogP contribution in [0.5, 0.6) is 11.5 Å². The Morgan fingerprint density at radius 1 is 1.12 bits per heavy atom. The maximum Gasteiger partial charge on any atom is 0.174 e. The summed E-state index contributed by atoms with van der Waals surface area (Å²) in [5.41, 5.74) is 2.76. The van der Waals surface area contributed by atoms with Crippen LogP contribution in [-0.4, -0.2) is 34.3 Å². The molecule has 1 aromatic carbocycles. The van der Waals surface area contributed by atoms with Crippen molar-refractivity contribution in [2.75, 3.05) is 20.0 Å². The number of methoxy groups -OCH3 is 2. The fourth-order valence-electron chi connectivity index (χ4n) is 2.53. The average molecular weight is 357 g/mol. The van der Waals surface area contributed by atoms with Crippen LogP contribution in [0.2, 0.25) is 0 Å². The molecule has 0 aliphatic rings. The minimum atomic E-state index is 0.680. The van der Waals surface area contributed by atoms with Crippen molar-refractivity contribution in [1.29, 1.82) is 0 Å². The normalized spacial score (nSPS) is 11.2. The first-order valence-electron chi connectivity index (χ1n) is 8.31. The molecule has 0 fully saturated rings. The highest BCUT2D eigenvalue weighted by Crippen LogP contribution is 2.33. The summed E-state index contributed by atoms with van der Waals surface area (Å²) in [6.07, 6.45) is 4.92. The van der Waals surface area contributed by atoms with E-state index in [1.807, 2.05) is 41.1 Å². The van der Waals surface area contributed by atoms with Crippen LogP contribution in [0.4, 0.5) is 0 Å². The molecule has 6 heteroatoms. The van der Waals surface area contributed by atoms with Gasteiger partial charge in [0.25, 0.3) is 0 Å². The van der Waals surface area contributed by atoms with Gasteiger partial charge in [-0.25, -0.2) is 9.97 Å². The predicted molar refractivity (Wildman–Crippen MR) is 102 cm³/mol. The Morgan fingerprint density at radius 2 is 1.92 bits per heavy atom. The Bertz CT molecular complexity index is 861. The van der Waals surface area contributed by atoms with Crippen LogP contribution in [0.1, 0.15) is 20.3 Å². The lowest BCUT2D eigenvalue weighted by atomic mass is 10.1. The molecule has 0 radical (unpaired) electrons. The van der Waals surface area contributed by atoms with Gasteiger partial charge >= 0.3 is 0 Å². The van der Waals surface area contributed by atoms with Gasteiger partial charge in [0.2, 0.25) is 0 Å². The Labute approximate surface area is 152 Å². The standard InChI is InChI=1S/C19H23N3O2S/c1-13(2)7-10-25-19-21-15(12-18-20-8-9-22(18)19)14-5-6-16(23-3)17(11-14)24-4/h5-6,8-9,11-13H,7,10H2,1-4H3. The molecule has 2 heterocycles. The molecule has 0 aliphatic heterocycles. The minimum Gasteiger partial charge on any atom is -0.493 e. The molecule has 0 unspecified atom stereocenters. The zero-order chi connectivity index (χ0) is 17.8. The molecular weight excluding hydrogens is 334 g/mol. The maximum absolute atomic E-state index is 5.41. The molecule has 0 N–H and O–H groups in total. The van der Waals surface area contributed by atoms with E-state index in [-0.39, 0.29) is 0 Å². The number of aromatic nitrogens is 3. The number of nitrogens with zero attached hydrogens (tertiary/aromatic N) is 3. The van der Waals surface area contributed by atoms with Crippen LogP contribution in [0.15, 0.2) is 41.8 Å². The first-order valence-corrected chi connectivity index (χ1v) is 9.30. The number of fused-ring (bicyclic) bond motifs is 1. The molecular formula is C19H23N3O2S. The summed E-state index contributed by atoms with van der Waals surface area (Å²) in [5.74, 6) is 3.12. The van der Waals surface area contributed by atoms with Gasteiger partial charge < -0.3 is 9.47 Å². The summed E-state index contributed by atoms with van der Waals surface area (Å²) in [7, 11) is 3.27. The second kappa shape index (κ2) is 7.78. The molecule has 0 atom stereocenters. The van der Waals surface area contributed by atoms with Crippen molar-refractivity contribution in [3.63, 3.8) is 0 Å². The number of rotatable bonds is 7. The molecule has 0 saturated carbocycles. The molecule has 132 valence electrons. The number of thioether (sulfide) groups is 1. The lowest BCUT2D eigenvalue weighted by Crippen LogP contribution is -1.99. The Balaban J connectivity index is 1.99. The smallest absolute Gasteiger partial charge is 0.174 e. The van der Waals surface area contributed by atoms with Gasteiger partial charge in [-0.1, -0.05) is 25.6 Å². The summed E-state index contributed by atoms with van der Waals surface area (Å²) >= 11 is 1.77. The van der Waals surface area contributed by atoms with Crippen molar-refractivity contribution < 1.29 is 9.47 Å². The number of ether oxygens (including phenoxy) is 2. The van der Waals surface area contributed by atoms with Gasteiger partial charge in [-0.2, -0.15) is 0 Å². The van der Waals surface area contributed by atoms with Crippen molar-refractivity contribution in [1.82, 2.24) is 14.4 Å². The highest BCUT2D eigenvalue weighted by Gasteiger charge is 2.12. The van der Waals surface area contributed by atoms with E-state index in [9.17, 15) is 0 Å². The lowest BCUT2D eigenvalue weighted by molar-refractivity contribution is 0.355. The first-order chi connectivity index (χ1) is 12.1. The first kappa shape index (κ1) is 17.6. The molecule has 0 spiro atoms. The maximum atomic E-state index is 5.41. The van der Waals surface area contributed by atoms with Crippen LogP contribution in [0.25, 0.3) is 16.9 Å². The third-order valence-corrected chi connectivity index (χ3v) is 4.95. The highest BCUT2D eigenvalue weighted by molar-refractivity contribution is 7.99. The highest BCUT2D eigenvalue weighted by atomic mass is 32.2. The third-order valence-electron chi connectivity index (χ3n) is 3.96. The van der Waals surface area contributed by atoms with E-state index in [2.05, 4.69) is 18.8 Å². The number of imidazole rings is 1. The predicted octanol–water partition coefficient (Wildman–Crippen LogP) is 4.55. The van der Waals surface area contributed by atoms with E-state index in [4.69, 9.17) is 14.5 Å². The molecule has 0 saturated heterocycles. The summed E-state index contributed by atoms with van der Waals surface area (Å²) in [5, 5.41) is 0.959. The van der Waals surface area contributed by atoms with Gasteiger partial charge in [0, 0.05) is 29.8 Å². The van der Waals surface area contributed by atoms with Crippen LogP contribution in [-0.2, 0) is 0 Å². The molecule has 3 aromatic rings. The summed E-state index contributed by atoms with van der Waals surface area (Å²) in [6.45, 7) is 4.47. The van der Waals surface area contributed by atoms with E-state index in [1.165, 1.54) is 0 Å². The van der Waals surface area contributed by atoms with Crippen molar-refractivity contribution in [2.45, 2.75) is 25.4 Å². The Morgan fingerprint density at radius 3 is 2.64 bits per heavy atom. The molecule has 25 heavy (non-hydrogen) atoms. The van der Waals surface area contributed by atoms with Gasteiger partial charge in [-0.15, -0.1) is 0 Å². The Kier molecular flexibility index (Phi) is 5.48. The quantitative estimate of drug-likeness (QED) is 0.458. The van der Waals surface area contributed by atoms with Gasteiger partial charge in [0.1, 0.15) is 5.65 Å². The van der Waals surface area contributed by atoms with Gasteiger partial charge in [-0.05, 0) is 30.5 Å². The number of hydrogen-bond acceptors (Lipinski definition) is 5. The zero-order valence-corrected chi connectivity index (χ0v) is 15.8. The molecule has 0 amide bonds. The van der Waals surface area contributed by atoms with Crippen molar-refractivity contribution in [2.24, 2.45) is 5.92 Å². The van der Waals surface area contributed by atoms with E-state index >= 15 is 0 Å². The topological polar surface area (TPSA) is 48.7 Å². The molecule has 0 aliphatic carbocycles. The van der Waals surface area contributed by atoms with Crippen LogP contribution < -0.4 is 9.47 Å². The second-order valence-corrected chi connectivity index (χ2v) is 7.24. The largest absolute Gasteiger partial charge is 0.493 e. The molecule has 5 nitrogen and oxygen atoms in total. The van der Waals surface area contributed by atoms with Crippen LogP contribution >= 0.6 is 11.8 Å². The SMILES string of the molecule is COc1ccc(-c2cc3nccn3c(SCCC(C)C)n2)cc1OC. The molecule has 0 bridgehead atoms. The van der Waals surface area contributed by atoms with Gasteiger partial charge in [-0.3, -0.25) is 4.40 Å². The third kappa shape index (κ3) is 3.90. The van der Waals surface area contributed by atoms with Crippen LogP contribution in [0.3, 0.4) is 0 Å². The van der Waals surface area contributed by atoms with Gasteiger partial charge in [0.15, 0.2) is 16.7 Å². The van der Waals surface area contributed by atoms with Crippen molar-refractivity contribution in [3.8, 4) is 22.8 Å². The van der Waals surface area contributed by atoms with Crippen molar-refractivity contribution in [3.05, 3.63) is 36.7 Å². The van der Waals surface area contributed by atoms with Gasteiger partial charge in [0.05, 0.1) is 19.9 Å². The minimum absolute atomic E-state index is 0.680. The van der Waals surface area contributed by atoms with E-state index < -0.39 is 0 Å². The van der Waals surface area contributed by atoms with Crippen molar-refractivity contribution >= 4 is 17.4 Å². The van der Waals surface area contributed by atoms with E-state index in [0.717, 1.165) is 34.2 Å². The number of hydrogen-bond donors (Lipinski definition) is 0. The monoisotopic (exact) mass is 357 g/mol. The fraction of sp³-hybridized carbons (Fsp3) is 0.368. The number of benzene rings is 1. The average Bonchev–Trinajstić information content (AvgIpc) is 3.09. The Hall–Kier alpha value is -2.21. The summed E-state index contributed by atoms with van der Waals surface area (Å²) in [6, 6.07) is 7.83. The van der Waals surface area contributed by atoms with Crippen LogP contribution in [0, 0.1) is 5.92 Å². The van der Waals surface area contributed by atoms with E-state index in [0.29, 0.717) is 17.4 Å². The second-order valence-electron chi connectivity index (χ2n) is 6.18. The molecule has 3 rings (SSSR count). The van der Waals surface area contributed by atoms with E-state index in [1.54, 1.807) is 26.0 Å². The summed E-state index contributed by atoms with van der Waals surface area (Å²) < 4.78 is 12.8. The zero-order valence-electron chi connectivity index (χ0n) is 15.0. The molecule has 2 aromatic heterocycles. The lowest BCUT2D eigenvalue weighted by Gasteiger charge is -2.11. The fourth-order valence-corrected chi connectivity index (χ4v) is 3.75. The summed E-state index contributed by atoms with van der Waals surface area (Å²) in [4.78, 5) is 9.30.